The average Bonchev–Trinajstić information content (AvgIpc) is 2.66. The molecule has 5 nitrogen and oxygen atoms in total. The number of carboxylic acids is 1. The maximum Gasteiger partial charge on any atom is 0.321 e. The number of aryl methyl sites for hydroxylation is 1. The predicted molar refractivity (Wildman–Crippen MR) is 101 cm³/mol. The van der Waals surface area contributed by atoms with Crippen LogP contribution in [0.1, 0.15) is 16.5 Å². The first-order valence-corrected chi connectivity index (χ1v) is 8.89. The Morgan fingerprint density at radius 2 is 1.77 bits per heavy atom. The van der Waals surface area contributed by atoms with Crippen LogP contribution < -0.4 is 4.74 Å². The number of methoxy groups -OCH3 is 1. The Balaban J connectivity index is 1.92. The summed E-state index contributed by atoms with van der Waals surface area (Å²) in [5, 5.41) is 9.29. The van der Waals surface area contributed by atoms with E-state index in [0.29, 0.717) is 10.7 Å². The Hall–Kier alpha value is -2.86. The third kappa shape index (κ3) is 4.21. The fraction of sp³-hybridized carbons (Fsp3) is 0.150. The maximum atomic E-state index is 11.7. The molecule has 1 unspecified atom stereocenters. The van der Waals surface area contributed by atoms with Crippen molar-refractivity contribution in [3.63, 3.8) is 0 Å². The summed E-state index contributed by atoms with van der Waals surface area (Å²) in [5.41, 5.74) is 3.16. The smallest absolute Gasteiger partial charge is 0.321 e. The van der Waals surface area contributed by atoms with E-state index in [9.17, 15) is 9.90 Å². The van der Waals surface area contributed by atoms with Gasteiger partial charge in [-0.15, -0.1) is 0 Å². The van der Waals surface area contributed by atoms with E-state index in [4.69, 9.17) is 4.74 Å². The molecule has 1 aromatic heterocycles. The Labute approximate surface area is 156 Å². The van der Waals surface area contributed by atoms with E-state index in [1.165, 1.54) is 0 Å². The van der Waals surface area contributed by atoms with Gasteiger partial charge in [0.2, 0.25) is 0 Å². The summed E-state index contributed by atoms with van der Waals surface area (Å²) in [6, 6.07) is 18.5. The molecule has 1 N–H and O–H groups in total. The molecule has 0 spiro atoms. The lowest BCUT2D eigenvalue weighted by Gasteiger charge is -2.12. The van der Waals surface area contributed by atoms with Crippen LogP contribution in [0.25, 0.3) is 11.3 Å². The third-order valence-electron chi connectivity index (χ3n) is 3.77. The largest absolute Gasteiger partial charge is 0.497 e. The number of carboxylic acid groups (broad SMARTS) is 1. The molecule has 0 saturated heterocycles. The zero-order valence-electron chi connectivity index (χ0n) is 14.4. The Morgan fingerprint density at radius 1 is 1.08 bits per heavy atom. The number of nitrogens with zero attached hydrogens (tertiary/aromatic N) is 2. The van der Waals surface area contributed by atoms with Gasteiger partial charge in [-0.25, -0.2) is 9.97 Å². The van der Waals surface area contributed by atoms with Gasteiger partial charge in [0.05, 0.1) is 12.8 Å². The van der Waals surface area contributed by atoms with Crippen LogP contribution in [0, 0.1) is 6.92 Å². The van der Waals surface area contributed by atoms with E-state index in [0.717, 1.165) is 34.5 Å². The lowest BCUT2D eigenvalue weighted by atomic mass is 10.1. The molecule has 26 heavy (non-hydrogen) atoms. The molecular formula is C20H18N2O3S. The highest BCUT2D eigenvalue weighted by atomic mass is 32.2. The zero-order chi connectivity index (χ0) is 18.5. The van der Waals surface area contributed by atoms with Crippen molar-refractivity contribution in [2.45, 2.75) is 17.3 Å². The monoisotopic (exact) mass is 366 g/mol. The van der Waals surface area contributed by atoms with Gasteiger partial charge in [-0.3, -0.25) is 4.79 Å². The van der Waals surface area contributed by atoms with Crippen molar-refractivity contribution in [1.29, 1.82) is 0 Å². The van der Waals surface area contributed by atoms with Crippen molar-refractivity contribution in [3.05, 3.63) is 71.9 Å². The second kappa shape index (κ2) is 8.01. The number of hydrogen-bond donors (Lipinski definition) is 1. The molecule has 2 aromatic carbocycles. The van der Waals surface area contributed by atoms with Crippen molar-refractivity contribution in [2.24, 2.45) is 0 Å². The normalized spacial score (nSPS) is 11.8. The second-order valence-corrected chi connectivity index (χ2v) is 6.72. The molecule has 0 bridgehead atoms. The first-order valence-electron chi connectivity index (χ1n) is 8.01. The van der Waals surface area contributed by atoms with Crippen LogP contribution in [0.5, 0.6) is 5.75 Å². The van der Waals surface area contributed by atoms with Gasteiger partial charge in [0.15, 0.2) is 5.16 Å². The zero-order valence-corrected chi connectivity index (χ0v) is 15.2. The minimum Gasteiger partial charge on any atom is -0.497 e. The van der Waals surface area contributed by atoms with Crippen LogP contribution in [0.4, 0.5) is 0 Å². The second-order valence-electron chi connectivity index (χ2n) is 5.65. The number of aliphatic carboxylic acids is 1. The fourth-order valence-corrected chi connectivity index (χ4v) is 3.45. The average molecular weight is 366 g/mol. The molecule has 3 aromatic rings. The Kier molecular flexibility index (Phi) is 5.53. The van der Waals surface area contributed by atoms with Gasteiger partial charge in [0.25, 0.3) is 0 Å². The van der Waals surface area contributed by atoms with Gasteiger partial charge in [0.1, 0.15) is 11.0 Å². The molecule has 0 aliphatic carbocycles. The van der Waals surface area contributed by atoms with Crippen LogP contribution in [0.15, 0.2) is 65.8 Å². The van der Waals surface area contributed by atoms with Gasteiger partial charge in [-0.2, -0.15) is 0 Å². The van der Waals surface area contributed by atoms with Crippen molar-refractivity contribution < 1.29 is 14.6 Å². The van der Waals surface area contributed by atoms with Crippen molar-refractivity contribution in [3.8, 4) is 17.0 Å². The van der Waals surface area contributed by atoms with Crippen LogP contribution in [-0.4, -0.2) is 28.2 Å². The molecular weight excluding hydrogens is 348 g/mol. The molecule has 3 rings (SSSR count). The van der Waals surface area contributed by atoms with Crippen molar-refractivity contribution in [1.82, 2.24) is 9.97 Å². The highest BCUT2D eigenvalue weighted by Gasteiger charge is 2.23. The maximum absolute atomic E-state index is 11.7. The van der Waals surface area contributed by atoms with Gasteiger partial charge < -0.3 is 9.84 Å². The fourth-order valence-electron chi connectivity index (χ4n) is 2.50. The summed E-state index contributed by atoms with van der Waals surface area (Å²) < 4.78 is 5.18. The Morgan fingerprint density at radius 3 is 2.38 bits per heavy atom. The third-order valence-corrected chi connectivity index (χ3v) is 4.87. The minimum absolute atomic E-state index is 0.437. The van der Waals surface area contributed by atoms with Crippen LogP contribution in [0.2, 0.25) is 0 Å². The summed E-state index contributed by atoms with van der Waals surface area (Å²) in [6.07, 6.45) is 0. The molecule has 132 valence electrons. The first kappa shape index (κ1) is 17.9. The van der Waals surface area contributed by atoms with E-state index in [-0.39, 0.29) is 0 Å². The summed E-state index contributed by atoms with van der Waals surface area (Å²) in [4.78, 5) is 20.7. The molecule has 0 aliphatic heterocycles. The number of carbonyl (C=O) groups is 1. The van der Waals surface area contributed by atoms with Crippen LogP contribution >= 0.6 is 11.8 Å². The predicted octanol–water partition coefficient (Wildman–Crippen LogP) is 4.38. The first-order chi connectivity index (χ1) is 12.6. The molecule has 0 aliphatic rings. The molecule has 0 saturated carbocycles. The van der Waals surface area contributed by atoms with Gasteiger partial charge in [-0.1, -0.05) is 42.1 Å². The lowest BCUT2D eigenvalue weighted by Crippen LogP contribution is -2.09. The number of rotatable bonds is 6. The van der Waals surface area contributed by atoms with E-state index < -0.39 is 11.2 Å². The van der Waals surface area contributed by atoms with E-state index >= 15 is 0 Å². The molecule has 0 amide bonds. The van der Waals surface area contributed by atoms with E-state index in [1.807, 2.05) is 55.5 Å². The molecule has 1 heterocycles. The Bertz CT molecular complexity index is 899. The van der Waals surface area contributed by atoms with Crippen LogP contribution in [-0.2, 0) is 4.79 Å². The number of ether oxygens (including phenoxy) is 1. The molecule has 6 heteroatoms. The molecule has 1 atom stereocenters. The van der Waals surface area contributed by atoms with Gasteiger partial charge in [-0.05, 0) is 42.8 Å². The van der Waals surface area contributed by atoms with Crippen molar-refractivity contribution >= 4 is 17.7 Å². The standard InChI is InChI=1S/C20H18N2O3S/c1-13-12-17(14-8-10-16(25-2)11-9-14)22-20(21-13)26-18(19(23)24)15-6-4-3-5-7-15/h3-12,18H,1-2H3,(H,23,24). The van der Waals surface area contributed by atoms with Gasteiger partial charge in [0, 0.05) is 11.3 Å². The minimum atomic E-state index is -0.919. The summed E-state index contributed by atoms with van der Waals surface area (Å²) in [6.45, 7) is 1.87. The highest BCUT2D eigenvalue weighted by molar-refractivity contribution is 8.00. The number of thioether (sulfide) groups is 1. The van der Waals surface area contributed by atoms with E-state index in [2.05, 4.69) is 9.97 Å². The summed E-state index contributed by atoms with van der Waals surface area (Å²) >= 11 is 1.13. The number of benzene rings is 2. The van der Waals surface area contributed by atoms with Crippen LogP contribution in [0.3, 0.4) is 0 Å². The number of hydrogen-bond acceptors (Lipinski definition) is 5. The SMILES string of the molecule is COc1ccc(-c2cc(C)nc(SC(C(=O)O)c3ccccc3)n2)cc1. The summed E-state index contributed by atoms with van der Waals surface area (Å²) in [5.74, 6) is -0.151. The van der Waals surface area contributed by atoms with Gasteiger partial charge >= 0.3 is 5.97 Å². The lowest BCUT2D eigenvalue weighted by molar-refractivity contribution is -0.136. The molecule has 0 radical (unpaired) electrons. The quantitative estimate of drug-likeness (QED) is 0.516. The molecule has 0 fully saturated rings. The summed E-state index contributed by atoms with van der Waals surface area (Å²) in [7, 11) is 1.62. The highest BCUT2D eigenvalue weighted by Crippen LogP contribution is 2.34. The topological polar surface area (TPSA) is 72.3 Å². The number of aromatic nitrogens is 2. The van der Waals surface area contributed by atoms with E-state index in [1.54, 1.807) is 19.2 Å². The van der Waals surface area contributed by atoms with Crippen molar-refractivity contribution in [2.75, 3.05) is 7.11 Å².